The number of piperidine rings is 1. The van der Waals surface area contributed by atoms with Gasteiger partial charge in [-0.05, 0) is 36.6 Å². The Labute approximate surface area is 142 Å². The highest BCUT2D eigenvalue weighted by molar-refractivity contribution is 5.78. The zero-order valence-corrected chi connectivity index (χ0v) is 13.7. The van der Waals surface area contributed by atoms with Gasteiger partial charge in [-0.15, -0.1) is 0 Å². The van der Waals surface area contributed by atoms with Crippen LogP contribution >= 0.6 is 0 Å². The first-order valence-electron chi connectivity index (χ1n) is 8.50. The minimum absolute atomic E-state index is 0.0991. The van der Waals surface area contributed by atoms with E-state index in [1.165, 1.54) is 11.6 Å². The van der Waals surface area contributed by atoms with E-state index in [2.05, 4.69) is 22.3 Å². The zero-order valence-electron chi connectivity index (χ0n) is 13.7. The molecule has 24 heavy (non-hydrogen) atoms. The first-order valence-corrected chi connectivity index (χ1v) is 8.50. The molecule has 0 bridgehead atoms. The van der Waals surface area contributed by atoms with E-state index >= 15 is 0 Å². The summed E-state index contributed by atoms with van der Waals surface area (Å²) >= 11 is 0. The first kappa shape index (κ1) is 16.7. The number of hydrogen-bond acceptors (Lipinski definition) is 2. The molecule has 0 spiro atoms. The molecule has 2 aromatic rings. The zero-order chi connectivity index (χ0) is 16.8. The van der Waals surface area contributed by atoms with E-state index in [0.717, 1.165) is 32.5 Å². The number of benzene rings is 2. The summed E-state index contributed by atoms with van der Waals surface area (Å²) in [5.41, 5.74) is 1.74. The van der Waals surface area contributed by atoms with Crippen LogP contribution in [-0.2, 0) is 17.8 Å². The fourth-order valence-corrected chi connectivity index (χ4v) is 3.25. The maximum absolute atomic E-state index is 13.6. The lowest BCUT2D eigenvalue weighted by atomic mass is 10.0. The van der Waals surface area contributed by atoms with Crippen LogP contribution in [0.3, 0.4) is 0 Å². The fraction of sp³-hybridized carbons (Fsp3) is 0.350. The Balaban J connectivity index is 1.51. The third kappa shape index (κ3) is 4.65. The molecule has 0 saturated carbocycles. The van der Waals surface area contributed by atoms with Gasteiger partial charge in [-0.2, -0.15) is 0 Å². The van der Waals surface area contributed by atoms with Crippen molar-refractivity contribution >= 4 is 5.91 Å². The van der Waals surface area contributed by atoms with Gasteiger partial charge in [0.2, 0.25) is 5.91 Å². The topological polar surface area (TPSA) is 32.3 Å². The molecule has 3 nitrogen and oxygen atoms in total. The van der Waals surface area contributed by atoms with Crippen molar-refractivity contribution in [3.8, 4) is 0 Å². The number of likely N-dealkylation sites (tertiary alicyclic amines) is 1. The Morgan fingerprint density at radius 1 is 1.12 bits per heavy atom. The average molecular weight is 326 g/mol. The van der Waals surface area contributed by atoms with Crippen molar-refractivity contribution in [2.75, 3.05) is 13.1 Å². The summed E-state index contributed by atoms with van der Waals surface area (Å²) in [6.07, 6.45) is 2.15. The minimum atomic E-state index is -0.318. The van der Waals surface area contributed by atoms with E-state index < -0.39 is 0 Å². The summed E-state index contributed by atoms with van der Waals surface area (Å²) in [5.74, 6) is -0.423. The SMILES string of the molecule is O=C(Cc1ccccc1F)N[C@H]1CCCN(Cc2ccccc2)C1. The molecule has 1 N–H and O–H groups in total. The predicted octanol–water partition coefficient (Wildman–Crippen LogP) is 3.15. The molecule has 1 saturated heterocycles. The van der Waals surface area contributed by atoms with Crippen LogP contribution in [0.1, 0.15) is 24.0 Å². The highest BCUT2D eigenvalue weighted by Gasteiger charge is 2.21. The van der Waals surface area contributed by atoms with Crippen molar-refractivity contribution in [1.29, 1.82) is 0 Å². The van der Waals surface area contributed by atoms with E-state index in [-0.39, 0.29) is 24.2 Å². The number of halogens is 1. The Morgan fingerprint density at radius 3 is 2.67 bits per heavy atom. The van der Waals surface area contributed by atoms with Gasteiger partial charge in [-0.3, -0.25) is 9.69 Å². The summed E-state index contributed by atoms with van der Waals surface area (Å²) in [5, 5.41) is 3.06. The van der Waals surface area contributed by atoms with Crippen LogP contribution in [0.15, 0.2) is 54.6 Å². The Hall–Kier alpha value is -2.20. The van der Waals surface area contributed by atoms with Gasteiger partial charge in [0.25, 0.3) is 0 Å². The lowest BCUT2D eigenvalue weighted by Gasteiger charge is -2.33. The molecular weight excluding hydrogens is 303 g/mol. The van der Waals surface area contributed by atoms with E-state index in [1.54, 1.807) is 18.2 Å². The molecule has 1 aliphatic rings. The van der Waals surface area contributed by atoms with Crippen LogP contribution in [0, 0.1) is 5.82 Å². The molecule has 2 aromatic carbocycles. The van der Waals surface area contributed by atoms with Crippen molar-refractivity contribution in [1.82, 2.24) is 10.2 Å². The number of amides is 1. The van der Waals surface area contributed by atoms with Gasteiger partial charge in [-0.1, -0.05) is 48.5 Å². The van der Waals surface area contributed by atoms with Gasteiger partial charge in [0.15, 0.2) is 0 Å². The van der Waals surface area contributed by atoms with Gasteiger partial charge in [0.1, 0.15) is 5.82 Å². The van der Waals surface area contributed by atoms with Crippen molar-refractivity contribution in [3.63, 3.8) is 0 Å². The third-order valence-corrected chi connectivity index (χ3v) is 4.43. The Bertz CT molecular complexity index is 674. The molecule has 126 valence electrons. The molecule has 3 rings (SSSR count). The van der Waals surface area contributed by atoms with Crippen molar-refractivity contribution < 1.29 is 9.18 Å². The van der Waals surface area contributed by atoms with Crippen LogP contribution < -0.4 is 5.32 Å². The van der Waals surface area contributed by atoms with E-state index in [9.17, 15) is 9.18 Å². The molecular formula is C20H23FN2O. The molecule has 1 fully saturated rings. The molecule has 4 heteroatoms. The second-order valence-corrected chi connectivity index (χ2v) is 6.40. The molecule has 1 amide bonds. The monoisotopic (exact) mass is 326 g/mol. The molecule has 1 aliphatic heterocycles. The van der Waals surface area contributed by atoms with Crippen LogP contribution in [0.25, 0.3) is 0 Å². The summed E-state index contributed by atoms with van der Waals surface area (Å²) < 4.78 is 13.6. The lowest BCUT2D eigenvalue weighted by Crippen LogP contribution is -2.47. The largest absolute Gasteiger partial charge is 0.352 e. The van der Waals surface area contributed by atoms with Crippen LogP contribution in [-0.4, -0.2) is 29.9 Å². The maximum Gasteiger partial charge on any atom is 0.224 e. The van der Waals surface area contributed by atoms with Crippen molar-refractivity contribution in [3.05, 3.63) is 71.5 Å². The Morgan fingerprint density at radius 2 is 1.88 bits per heavy atom. The highest BCUT2D eigenvalue weighted by atomic mass is 19.1. The standard InChI is InChI=1S/C20H23FN2O/c21-19-11-5-4-9-17(19)13-20(24)22-18-10-6-12-23(15-18)14-16-7-2-1-3-8-16/h1-5,7-9,11,18H,6,10,12-15H2,(H,22,24)/t18-/m0/s1. The lowest BCUT2D eigenvalue weighted by molar-refractivity contribution is -0.121. The number of nitrogens with one attached hydrogen (secondary N) is 1. The molecule has 1 atom stereocenters. The minimum Gasteiger partial charge on any atom is -0.352 e. The summed E-state index contributed by atoms with van der Waals surface area (Å²) in [6.45, 7) is 2.80. The number of carbonyl (C=O) groups excluding carboxylic acids is 1. The van der Waals surface area contributed by atoms with E-state index in [0.29, 0.717) is 5.56 Å². The summed E-state index contributed by atoms with van der Waals surface area (Å²) in [7, 11) is 0. The van der Waals surface area contributed by atoms with Gasteiger partial charge in [-0.25, -0.2) is 4.39 Å². The summed E-state index contributed by atoms with van der Waals surface area (Å²) in [4.78, 5) is 14.6. The van der Waals surface area contributed by atoms with Crippen molar-refractivity contribution in [2.24, 2.45) is 0 Å². The molecule has 1 heterocycles. The molecule has 0 aromatic heterocycles. The quantitative estimate of drug-likeness (QED) is 0.915. The maximum atomic E-state index is 13.6. The van der Waals surface area contributed by atoms with E-state index in [1.807, 2.05) is 18.2 Å². The second kappa shape index (κ2) is 8.06. The number of carbonyl (C=O) groups is 1. The predicted molar refractivity (Wildman–Crippen MR) is 93.0 cm³/mol. The van der Waals surface area contributed by atoms with Crippen LogP contribution in [0.5, 0.6) is 0 Å². The average Bonchev–Trinajstić information content (AvgIpc) is 2.58. The van der Waals surface area contributed by atoms with Gasteiger partial charge in [0, 0.05) is 19.1 Å². The van der Waals surface area contributed by atoms with Crippen LogP contribution in [0.2, 0.25) is 0 Å². The number of rotatable bonds is 5. The smallest absolute Gasteiger partial charge is 0.224 e. The van der Waals surface area contributed by atoms with Gasteiger partial charge in [0.05, 0.1) is 6.42 Å². The third-order valence-electron chi connectivity index (χ3n) is 4.43. The molecule has 0 aliphatic carbocycles. The number of hydrogen-bond donors (Lipinski definition) is 1. The number of nitrogens with zero attached hydrogens (tertiary/aromatic N) is 1. The highest BCUT2D eigenvalue weighted by Crippen LogP contribution is 2.14. The van der Waals surface area contributed by atoms with Crippen molar-refractivity contribution in [2.45, 2.75) is 31.8 Å². The second-order valence-electron chi connectivity index (χ2n) is 6.40. The Kier molecular flexibility index (Phi) is 5.59. The van der Waals surface area contributed by atoms with Gasteiger partial charge < -0.3 is 5.32 Å². The molecule has 0 radical (unpaired) electrons. The van der Waals surface area contributed by atoms with Crippen LogP contribution in [0.4, 0.5) is 4.39 Å². The first-order chi connectivity index (χ1) is 11.7. The summed E-state index contributed by atoms with van der Waals surface area (Å²) in [6, 6.07) is 17.0. The van der Waals surface area contributed by atoms with Gasteiger partial charge >= 0.3 is 0 Å². The fourth-order valence-electron chi connectivity index (χ4n) is 3.25. The molecule has 0 unspecified atom stereocenters. The van der Waals surface area contributed by atoms with E-state index in [4.69, 9.17) is 0 Å². The normalized spacial score (nSPS) is 18.3.